The molecule has 160 valence electrons. The number of fused-ring (bicyclic) bond motifs is 1. The molecule has 7 heteroatoms. The van der Waals surface area contributed by atoms with Crippen molar-refractivity contribution in [2.75, 3.05) is 6.54 Å². The first-order chi connectivity index (χ1) is 15.0. The number of carbonyl (C=O) groups excluding carboxylic acids is 2. The van der Waals surface area contributed by atoms with Crippen molar-refractivity contribution in [2.24, 2.45) is 5.73 Å². The normalized spacial score (nSPS) is 13.3. The molecule has 0 bridgehead atoms. The lowest BCUT2D eigenvalue weighted by molar-refractivity contribution is 0.0946. The molecule has 3 N–H and O–H groups in total. The van der Waals surface area contributed by atoms with Gasteiger partial charge in [-0.1, -0.05) is 30.2 Å². The van der Waals surface area contributed by atoms with E-state index in [0.717, 1.165) is 54.6 Å². The van der Waals surface area contributed by atoms with Crippen molar-refractivity contribution in [3.05, 3.63) is 81.6 Å². The minimum atomic E-state index is -0.457. The lowest BCUT2D eigenvalue weighted by atomic mass is 10.1. The van der Waals surface area contributed by atoms with E-state index in [-0.39, 0.29) is 5.91 Å². The van der Waals surface area contributed by atoms with Crippen LogP contribution in [-0.4, -0.2) is 28.1 Å². The number of primary amides is 1. The Bertz CT molecular complexity index is 1110. The van der Waals surface area contributed by atoms with E-state index in [1.54, 1.807) is 18.2 Å². The highest BCUT2D eigenvalue weighted by molar-refractivity contribution is 6.30. The van der Waals surface area contributed by atoms with Gasteiger partial charge in [0, 0.05) is 28.4 Å². The molecule has 2 amide bonds. The van der Waals surface area contributed by atoms with Crippen molar-refractivity contribution in [2.45, 2.75) is 38.5 Å². The maximum Gasteiger partial charge on any atom is 0.272 e. The van der Waals surface area contributed by atoms with E-state index in [2.05, 4.69) is 5.32 Å². The second kappa shape index (κ2) is 9.35. The maximum absolute atomic E-state index is 13.0. The number of nitrogens with one attached hydrogen (secondary N) is 1. The number of benzene rings is 2. The van der Waals surface area contributed by atoms with Crippen molar-refractivity contribution in [1.82, 2.24) is 15.1 Å². The summed E-state index contributed by atoms with van der Waals surface area (Å²) in [6.45, 7) is 0.448. The first-order valence-electron chi connectivity index (χ1n) is 10.6. The molecule has 0 radical (unpaired) electrons. The molecule has 0 aliphatic heterocycles. The fourth-order valence-electron chi connectivity index (χ4n) is 4.04. The zero-order chi connectivity index (χ0) is 21.8. The third-order valence-corrected chi connectivity index (χ3v) is 5.88. The predicted molar refractivity (Wildman–Crippen MR) is 121 cm³/mol. The fourth-order valence-corrected chi connectivity index (χ4v) is 4.16. The Kier molecular flexibility index (Phi) is 6.37. The molecule has 0 saturated heterocycles. The predicted octanol–water partition coefficient (Wildman–Crippen LogP) is 3.87. The van der Waals surface area contributed by atoms with Crippen LogP contribution in [-0.2, 0) is 19.3 Å². The molecule has 1 heterocycles. The topological polar surface area (TPSA) is 90.0 Å². The SMILES string of the molecule is NC(=O)c1cccc(CCNC(=O)c2nn(-c3ccc(Cl)cc3)c3c2CCCCC3)c1. The summed E-state index contributed by atoms with van der Waals surface area (Å²) in [4.78, 5) is 24.4. The summed E-state index contributed by atoms with van der Waals surface area (Å²) in [7, 11) is 0. The molecule has 4 rings (SSSR count). The van der Waals surface area contributed by atoms with Crippen molar-refractivity contribution in [3.8, 4) is 5.69 Å². The fraction of sp³-hybridized carbons (Fsp3) is 0.292. The Labute approximate surface area is 186 Å². The van der Waals surface area contributed by atoms with E-state index in [4.69, 9.17) is 22.4 Å². The first-order valence-corrected chi connectivity index (χ1v) is 10.9. The lowest BCUT2D eigenvalue weighted by Crippen LogP contribution is -2.27. The van der Waals surface area contributed by atoms with Crippen molar-refractivity contribution >= 4 is 23.4 Å². The van der Waals surface area contributed by atoms with Gasteiger partial charge in [0.15, 0.2) is 5.69 Å². The summed E-state index contributed by atoms with van der Waals surface area (Å²) in [5.41, 5.74) is 10.3. The van der Waals surface area contributed by atoms with E-state index < -0.39 is 5.91 Å². The van der Waals surface area contributed by atoms with Gasteiger partial charge in [-0.05, 0) is 74.1 Å². The Morgan fingerprint density at radius 3 is 2.61 bits per heavy atom. The Hall–Kier alpha value is -3.12. The van der Waals surface area contributed by atoms with Crippen LogP contribution in [0.25, 0.3) is 5.69 Å². The number of carbonyl (C=O) groups is 2. The highest BCUT2D eigenvalue weighted by atomic mass is 35.5. The van der Waals surface area contributed by atoms with Crippen LogP contribution in [0.15, 0.2) is 48.5 Å². The van der Waals surface area contributed by atoms with Crippen molar-refractivity contribution in [1.29, 1.82) is 0 Å². The molecule has 0 fully saturated rings. The molecular formula is C24H25ClN4O2. The molecule has 1 aromatic heterocycles. The number of aromatic nitrogens is 2. The van der Waals surface area contributed by atoms with Crippen molar-refractivity contribution in [3.63, 3.8) is 0 Å². The molecule has 6 nitrogen and oxygen atoms in total. The molecule has 31 heavy (non-hydrogen) atoms. The number of hydrogen-bond acceptors (Lipinski definition) is 3. The Morgan fingerprint density at radius 1 is 1.06 bits per heavy atom. The summed E-state index contributed by atoms with van der Waals surface area (Å²) in [6.07, 6.45) is 5.65. The highest BCUT2D eigenvalue weighted by Gasteiger charge is 2.24. The minimum absolute atomic E-state index is 0.170. The average molecular weight is 437 g/mol. The second-order valence-electron chi connectivity index (χ2n) is 7.79. The third kappa shape index (κ3) is 4.80. The van der Waals surface area contributed by atoms with Crippen LogP contribution in [0.4, 0.5) is 0 Å². The number of hydrogen-bond donors (Lipinski definition) is 2. The second-order valence-corrected chi connectivity index (χ2v) is 8.23. The monoisotopic (exact) mass is 436 g/mol. The molecule has 1 aliphatic carbocycles. The Balaban J connectivity index is 1.53. The van der Waals surface area contributed by atoms with Gasteiger partial charge in [-0.2, -0.15) is 5.10 Å². The molecular weight excluding hydrogens is 412 g/mol. The van der Waals surface area contributed by atoms with E-state index in [1.807, 2.05) is 35.0 Å². The van der Waals surface area contributed by atoms with Crippen molar-refractivity contribution < 1.29 is 9.59 Å². The third-order valence-electron chi connectivity index (χ3n) is 5.63. The number of rotatable bonds is 6. The number of nitrogens with two attached hydrogens (primary N) is 1. The zero-order valence-electron chi connectivity index (χ0n) is 17.2. The lowest BCUT2D eigenvalue weighted by Gasteiger charge is -2.07. The number of halogens is 1. The quantitative estimate of drug-likeness (QED) is 0.575. The van der Waals surface area contributed by atoms with Crippen LogP contribution in [0.5, 0.6) is 0 Å². The van der Waals surface area contributed by atoms with Crippen LogP contribution in [0.2, 0.25) is 5.02 Å². The molecule has 0 saturated carbocycles. The standard InChI is InChI=1S/C24H25ClN4O2/c25-18-9-11-19(12-10-18)29-21-8-3-1-2-7-20(21)22(28-29)24(31)27-14-13-16-5-4-6-17(15-16)23(26)30/h4-6,9-12,15H,1-3,7-8,13-14H2,(H2,26,30)(H,27,31). The van der Waals surface area contributed by atoms with Gasteiger partial charge in [0.05, 0.1) is 5.69 Å². The molecule has 3 aromatic rings. The smallest absolute Gasteiger partial charge is 0.272 e. The molecule has 0 spiro atoms. The van der Waals surface area contributed by atoms with Crippen LogP contribution in [0, 0.1) is 0 Å². The van der Waals surface area contributed by atoms with Crippen LogP contribution < -0.4 is 11.1 Å². The zero-order valence-corrected chi connectivity index (χ0v) is 18.0. The first kappa shape index (κ1) is 21.1. The molecule has 0 unspecified atom stereocenters. The van der Waals surface area contributed by atoms with Gasteiger partial charge in [-0.15, -0.1) is 0 Å². The summed E-state index contributed by atoms with van der Waals surface area (Å²) < 4.78 is 1.89. The number of amides is 2. The van der Waals surface area contributed by atoms with E-state index in [1.165, 1.54) is 0 Å². The van der Waals surface area contributed by atoms with Gasteiger partial charge in [0.25, 0.3) is 5.91 Å². The molecule has 2 aromatic carbocycles. The van der Waals surface area contributed by atoms with Gasteiger partial charge in [-0.3, -0.25) is 9.59 Å². The highest BCUT2D eigenvalue weighted by Crippen LogP contribution is 2.27. The van der Waals surface area contributed by atoms with E-state index in [0.29, 0.717) is 29.2 Å². The van der Waals surface area contributed by atoms with Gasteiger partial charge in [0.1, 0.15) is 0 Å². The summed E-state index contributed by atoms with van der Waals surface area (Å²) in [5.74, 6) is -0.627. The van der Waals surface area contributed by atoms with Crippen LogP contribution >= 0.6 is 11.6 Å². The van der Waals surface area contributed by atoms with E-state index >= 15 is 0 Å². The number of nitrogens with zero attached hydrogens (tertiary/aromatic N) is 2. The Morgan fingerprint density at radius 2 is 1.84 bits per heavy atom. The van der Waals surface area contributed by atoms with Gasteiger partial charge < -0.3 is 11.1 Å². The average Bonchev–Trinajstić information content (AvgIpc) is 2.95. The van der Waals surface area contributed by atoms with Crippen LogP contribution in [0.3, 0.4) is 0 Å². The summed E-state index contributed by atoms with van der Waals surface area (Å²) >= 11 is 6.04. The summed E-state index contributed by atoms with van der Waals surface area (Å²) in [6, 6.07) is 14.7. The van der Waals surface area contributed by atoms with Gasteiger partial charge in [-0.25, -0.2) is 4.68 Å². The molecule has 1 aliphatic rings. The van der Waals surface area contributed by atoms with E-state index in [9.17, 15) is 9.59 Å². The molecule has 0 atom stereocenters. The van der Waals surface area contributed by atoms with Gasteiger partial charge >= 0.3 is 0 Å². The van der Waals surface area contributed by atoms with Crippen LogP contribution in [0.1, 0.15) is 56.9 Å². The summed E-state index contributed by atoms with van der Waals surface area (Å²) in [5, 5.41) is 8.35. The maximum atomic E-state index is 13.0. The largest absolute Gasteiger partial charge is 0.366 e. The minimum Gasteiger partial charge on any atom is -0.366 e. The van der Waals surface area contributed by atoms with Gasteiger partial charge in [0.2, 0.25) is 5.91 Å².